The molecule has 67 heavy (non-hydrogen) atoms. The monoisotopic (exact) mass is 931 g/mol. The van der Waals surface area contributed by atoms with Crippen LogP contribution in [0.25, 0.3) is 0 Å². The summed E-state index contributed by atoms with van der Waals surface area (Å²) in [7, 11) is 0. The number of unbranched alkanes of at least 4 members (excludes halogenated alkanes) is 25. The molecule has 0 heterocycles. The van der Waals surface area contributed by atoms with E-state index in [1.54, 1.807) is 0 Å². The molecule has 0 spiro atoms. The molecule has 0 bridgehead atoms. The lowest BCUT2D eigenvalue weighted by Gasteiger charge is -2.18. The van der Waals surface area contributed by atoms with Crippen molar-refractivity contribution < 1.29 is 28.6 Å². The van der Waals surface area contributed by atoms with Gasteiger partial charge in [0.05, 0.1) is 0 Å². The molecule has 0 aromatic rings. The molecule has 382 valence electrons. The van der Waals surface area contributed by atoms with Gasteiger partial charge in [0, 0.05) is 19.3 Å². The summed E-state index contributed by atoms with van der Waals surface area (Å²) in [5.41, 5.74) is 0. The number of rotatable bonds is 49. The topological polar surface area (TPSA) is 78.9 Å². The zero-order chi connectivity index (χ0) is 48.6. The number of allylic oxidation sites excluding steroid dienone is 16. The van der Waals surface area contributed by atoms with Crippen molar-refractivity contribution >= 4 is 17.9 Å². The Morgan fingerprint density at radius 2 is 0.642 bits per heavy atom. The van der Waals surface area contributed by atoms with E-state index < -0.39 is 6.10 Å². The van der Waals surface area contributed by atoms with Crippen LogP contribution in [0.2, 0.25) is 0 Å². The summed E-state index contributed by atoms with van der Waals surface area (Å²) in [4.78, 5) is 38.1. The van der Waals surface area contributed by atoms with Crippen molar-refractivity contribution in [3.05, 3.63) is 97.2 Å². The van der Waals surface area contributed by atoms with Crippen LogP contribution < -0.4 is 0 Å². The molecule has 0 aromatic heterocycles. The number of carbonyl (C=O) groups excluding carboxylic acids is 3. The molecule has 0 fully saturated rings. The molecule has 0 aliphatic heterocycles. The Hall–Kier alpha value is -3.67. The zero-order valence-electron chi connectivity index (χ0n) is 43.6. The van der Waals surface area contributed by atoms with E-state index in [1.807, 2.05) is 0 Å². The smallest absolute Gasteiger partial charge is 0.306 e. The molecule has 0 saturated carbocycles. The molecule has 0 aromatic carbocycles. The Kier molecular flexibility index (Phi) is 51.9. The Bertz CT molecular complexity index is 1350. The van der Waals surface area contributed by atoms with E-state index in [1.165, 1.54) is 89.9 Å². The fraction of sp³-hybridized carbons (Fsp3) is 0.689. The summed E-state index contributed by atoms with van der Waals surface area (Å²) >= 11 is 0. The Morgan fingerprint density at radius 3 is 1.07 bits per heavy atom. The highest BCUT2D eigenvalue weighted by Gasteiger charge is 2.19. The quantitative estimate of drug-likeness (QED) is 0.0199. The molecule has 0 N–H and O–H groups in total. The van der Waals surface area contributed by atoms with Crippen molar-refractivity contribution in [3.63, 3.8) is 0 Å². The van der Waals surface area contributed by atoms with Gasteiger partial charge in [-0.3, -0.25) is 14.4 Å². The number of esters is 3. The summed E-state index contributed by atoms with van der Waals surface area (Å²) in [5.74, 6) is -0.940. The van der Waals surface area contributed by atoms with Crippen LogP contribution in [0.3, 0.4) is 0 Å². The van der Waals surface area contributed by atoms with Gasteiger partial charge in [-0.25, -0.2) is 0 Å². The molecule has 1 atom stereocenters. The maximum Gasteiger partial charge on any atom is 0.306 e. The third kappa shape index (κ3) is 53.2. The molecule has 6 heteroatoms. The number of carbonyl (C=O) groups is 3. The minimum atomic E-state index is -0.799. The molecule has 6 nitrogen and oxygen atoms in total. The van der Waals surface area contributed by atoms with Crippen LogP contribution in [0.15, 0.2) is 97.2 Å². The van der Waals surface area contributed by atoms with Gasteiger partial charge in [-0.05, 0) is 103 Å². The van der Waals surface area contributed by atoms with E-state index in [0.717, 1.165) is 122 Å². The van der Waals surface area contributed by atoms with Crippen molar-refractivity contribution in [1.82, 2.24) is 0 Å². The average molecular weight is 931 g/mol. The first-order chi connectivity index (χ1) is 33.0. The summed E-state index contributed by atoms with van der Waals surface area (Å²) < 4.78 is 16.8. The maximum atomic E-state index is 12.8. The van der Waals surface area contributed by atoms with Crippen molar-refractivity contribution in [2.45, 2.75) is 258 Å². The molecule has 0 saturated heterocycles. The average Bonchev–Trinajstić information content (AvgIpc) is 3.33. The van der Waals surface area contributed by atoms with Gasteiger partial charge in [0.1, 0.15) is 13.2 Å². The second-order valence-corrected chi connectivity index (χ2v) is 18.2. The van der Waals surface area contributed by atoms with E-state index in [9.17, 15) is 14.4 Å². The van der Waals surface area contributed by atoms with Crippen LogP contribution in [0.4, 0.5) is 0 Å². The number of hydrogen-bond donors (Lipinski definition) is 0. The summed E-state index contributed by atoms with van der Waals surface area (Å²) in [6.07, 6.45) is 72.4. The highest BCUT2D eigenvalue weighted by atomic mass is 16.6. The standard InChI is InChI=1S/C61H102O6/c1-4-7-10-13-16-19-22-25-28-30-31-34-36-39-42-45-48-51-54-60(63)66-57-58(56-65-59(62)53-50-47-44-41-38-35-32-27-24-21-18-15-12-9-6-3)67-61(64)55-52-49-46-43-40-37-33-29-26-23-20-17-14-11-8-5-2/h8,11,17-18,20-22,24-31,34,58H,4-7,9-10,12-16,19,23,32-33,35-57H2,1-3H3/b11-8-,20-17-,21-18-,25-22-,27-24-,29-26-,30-28-,34-31-. The predicted molar refractivity (Wildman–Crippen MR) is 288 cm³/mol. The first-order valence-electron chi connectivity index (χ1n) is 27.8. The normalized spacial score (nSPS) is 12.8. The summed E-state index contributed by atoms with van der Waals surface area (Å²) in [6, 6.07) is 0. The van der Waals surface area contributed by atoms with Crippen LogP contribution in [-0.4, -0.2) is 37.2 Å². The maximum absolute atomic E-state index is 12.8. The van der Waals surface area contributed by atoms with Crippen molar-refractivity contribution in [2.75, 3.05) is 13.2 Å². The van der Waals surface area contributed by atoms with Crippen molar-refractivity contribution in [2.24, 2.45) is 0 Å². The molecule has 0 rings (SSSR count). The van der Waals surface area contributed by atoms with Crippen LogP contribution >= 0.6 is 0 Å². The van der Waals surface area contributed by atoms with Crippen molar-refractivity contribution in [3.8, 4) is 0 Å². The SMILES string of the molecule is CC/C=C\C/C=C\C/C=C\CCCCCCCCC(=O)OC(COC(=O)CCCCCCC\C=C/C=C\C=C/CCCCCCC)COC(=O)CCCCCCCC/C=C\C=C/CCCCC. The second kappa shape index (κ2) is 54.9. The minimum Gasteiger partial charge on any atom is -0.462 e. The van der Waals surface area contributed by atoms with Gasteiger partial charge in [0.25, 0.3) is 0 Å². The molecular weight excluding hydrogens is 829 g/mol. The van der Waals surface area contributed by atoms with Gasteiger partial charge in [-0.1, -0.05) is 227 Å². The molecule has 1 unspecified atom stereocenters. The molecular formula is C61H102O6. The van der Waals surface area contributed by atoms with Gasteiger partial charge < -0.3 is 14.2 Å². The lowest BCUT2D eigenvalue weighted by atomic mass is 10.1. The lowest BCUT2D eigenvalue weighted by molar-refractivity contribution is -0.167. The van der Waals surface area contributed by atoms with Gasteiger partial charge in [0.2, 0.25) is 0 Å². The van der Waals surface area contributed by atoms with E-state index in [4.69, 9.17) is 14.2 Å². The van der Waals surface area contributed by atoms with E-state index in [2.05, 4.69) is 118 Å². The van der Waals surface area contributed by atoms with Crippen LogP contribution in [-0.2, 0) is 28.6 Å². The first-order valence-corrected chi connectivity index (χ1v) is 27.8. The minimum absolute atomic E-state index is 0.0968. The third-order valence-electron chi connectivity index (χ3n) is 11.6. The van der Waals surface area contributed by atoms with Gasteiger partial charge in [-0.15, -0.1) is 0 Å². The van der Waals surface area contributed by atoms with E-state index in [0.29, 0.717) is 19.3 Å². The molecule has 0 amide bonds. The van der Waals surface area contributed by atoms with Crippen molar-refractivity contribution in [1.29, 1.82) is 0 Å². The van der Waals surface area contributed by atoms with E-state index >= 15 is 0 Å². The largest absolute Gasteiger partial charge is 0.462 e. The lowest BCUT2D eigenvalue weighted by Crippen LogP contribution is -2.30. The molecule has 0 radical (unpaired) electrons. The van der Waals surface area contributed by atoms with Crippen LogP contribution in [0.1, 0.15) is 252 Å². The van der Waals surface area contributed by atoms with Crippen LogP contribution in [0, 0.1) is 0 Å². The van der Waals surface area contributed by atoms with Gasteiger partial charge in [-0.2, -0.15) is 0 Å². The zero-order valence-corrected chi connectivity index (χ0v) is 43.6. The summed E-state index contributed by atoms with van der Waals surface area (Å²) in [6.45, 7) is 6.45. The Labute approximate surface area is 413 Å². The highest BCUT2D eigenvalue weighted by molar-refractivity contribution is 5.71. The summed E-state index contributed by atoms with van der Waals surface area (Å²) in [5, 5.41) is 0. The van der Waals surface area contributed by atoms with Crippen LogP contribution in [0.5, 0.6) is 0 Å². The van der Waals surface area contributed by atoms with E-state index in [-0.39, 0.29) is 31.1 Å². The van der Waals surface area contributed by atoms with Gasteiger partial charge >= 0.3 is 17.9 Å². The Balaban J connectivity index is 4.48. The third-order valence-corrected chi connectivity index (χ3v) is 11.6. The second-order valence-electron chi connectivity index (χ2n) is 18.2. The molecule has 0 aliphatic rings. The number of hydrogen-bond acceptors (Lipinski definition) is 6. The first kappa shape index (κ1) is 63.3. The Morgan fingerprint density at radius 1 is 0.328 bits per heavy atom. The number of ether oxygens (including phenoxy) is 3. The fourth-order valence-corrected chi connectivity index (χ4v) is 7.45. The van der Waals surface area contributed by atoms with Gasteiger partial charge in [0.15, 0.2) is 6.10 Å². The molecule has 0 aliphatic carbocycles. The predicted octanol–water partition coefficient (Wildman–Crippen LogP) is 18.5. The highest BCUT2D eigenvalue weighted by Crippen LogP contribution is 2.14. The fourth-order valence-electron chi connectivity index (χ4n) is 7.45.